The first kappa shape index (κ1) is 38.1. The molecule has 10 nitrogen and oxygen atoms in total. The van der Waals surface area contributed by atoms with Gasteiger partial charge in [-0.05, 0) is 48.2 Å². The molecular weight excluding hydrogens is 736 g/mol. The van der Waals surface area contributed by atoms with Crippen LogP contribution in [0.5, 0.6) is 0 Å². The maximum Gasteiger partial charge on any atom is 0.490 e. The monoisotopic (exact) mass is 759 g/mol. The Hall–Kier alpha value is -3.93. The quantitative estimate of drug-likeness (QED) is 0.0838. The van der Waals surface area contributed by atoms with Crippen molar-refractivity contribution in [1.29, 1.82) is 0 Å². The van der Waals surface area contributed by atoms with E-state index in [2.05, 4.69) is 52.1 Å². The molecule has 0 unspecified atom stereocenters. The van der Waals surface area contributed by atoms with Gasteiger partial charge in [0.1, 0.15) is 0 Å². The van der Waals surface area contributed by atoms with Gasteiger partial charge in [-0.2, -0.15) is 26.3 Å². The summed E-state index contributed by atoms with van der Waals surface area (Å²) in [6, 6.07) is 16.0. The number of carboxylic acids is 2. The Morgan fingerprint density at radius 2 is 1.32 bits per heavy atom. The van der Waals surface area contributed by atoms with Crippen LogP contribution in [0.1, 0.15) is 35.6 Å². The van der Waals surface area contributed by atoms with Gasteiger partial charge in [0.25, 0.3) is 0 Å². The van der Waals surface area contributed by atoms with Crippen molar-refractivity contribution in [3.8, 4) is 0 Å². The van der Waals surface area contributed by atoms with Gasteiger partial charge < -0.3 is 20.9 Å². The van der Waals surface area contributed by atoms with Crippen LogP contribution in [-0.2, 0) is 20.8 Å². The molecule has 0 fully saturated rings. The molecule has 0 atom stereocenters. The first-order valence-corrected chi connectivity index (χ1v) is 13.7. The van der Waals surface area contributed by atoms with E-state index >= 15 is 0 Å². The van der Waals surface area contributed by atoms with Crippen molar-refractivity contribution in [2.24, 2.45) is 10.7 Å². The SMILES string of the molecule is NC(=NCCCc1cnc[nH]1)NC(=O)CC(c1ccc(Br)cc1)c1ccc(Br)cc1.O=C(O)C(F)(F)F.O=C(O)C(F)(F)F. The second kappa shape index (κ2) is 18.0. The summed E-state index contributed by atoms with van der Waals surface area (Å²) in [4.78, 5) is 41.7. The van der Waals surface area contributed by atoms with E-state index in [9.17, 15) is 31.1 Å². The smallest absolute Gasteiger partial charge is 0.475 e. The average Bonchev–Trinajstić information content (AvgIpc) is 3.44. The van der Waals surface area contributed by atoms with Crippen LogP contribution in [0.25, 0.3) is 0 Å². The Balaban J connectivity index is 0.000000574. The number of hydrogen-bond acceptors (Lipinski definition) is 5. The zero-order valence-corrected chi connectivity index (χ0v) is 25.5. The van der Waals surface area contributed by atoms with Crippen LogP contribution in [0.3, 0.4) is 0 Å². The van der Waals surface area contributed by atoms with Gasteiger partial charge in [-0.15, -0.1) is 0 Å². The summed E-state index contributed by atoms with van der Waals surface area (Å²) < 4.78 is 65.5. The minimum atomic E-state index is -5.08. The fourth-order valence-corrected chi connectivity index (χ4v) is 3.66. The molecule has 1 heterocycles. The lowest BCUT2D eigenvalue weighted by Crippen LogP contribution is -2.37. The zero-order valence-electron chi connectivity index (χ0n) is 22.3. The van der Waals surface area contributed by atoms with Crippen molar-refractivity contribution in [3.63, 3.8) is 0 Å². The molecule has 0 aliphatic rings. The van der Waals surface area contributed by atoms with Gasteiger partial charge >= 0.3 is 24.3 Å². The van der Waals surface area contributed by atoms with E-state index in [-0.39, 0.29) is 24.2 Å². The van der Waals surface area contributed by atoms with Gasteiger partial charge in [-0.25, -0.2) is 14.6 Å². The third-order valence-corrected chi connectivity index (χ3v) is 6.19. The maximum absolute atomic E-state index is 12.7. The second-order valence-corrected chi connectivity index (χ2v) is 10.3. The van der Waals surface area contributed by atoms with Crippen molar-refractivity contribution in [2.75, 3.05) is 6.54 Å². The number of hydrogen-bond donors (Lipinski definition) is 5. The number of halogens is 8. The molecule has 0 spiro atoms. The molecule has 1 aromatic heterocycles. The highest BCUT2D eigenvalue weighted by atomic mass is 79.9. The summed E-state index contributed by atoms with van der Waals surface area (Å²) in [5.41, 5.74) is 9.09. The van der Waals surface area contributed by atoms with Crippen molar-refractivity contribution in [1.82, 2.24) is 15.3 Å². The number of benzene rings is 2. The summed E-state index contributed by atoms with van der Waals surface area (Å²) in [6.45, 7) is 0.536. The number of H-pyrrole nitrogens is 1. The van der Waals surface area contributed by atoms with Gasteiger partial charge in [0.05, 0.1) is 6.33 Å². The lowest BCUT2D eigenvalue weighted by Gasteiger charge is -2.18. The minimum absolute atomic E-state index is 0.0839. The lowest BCUT2D eigenvalue weighted by atomic mass is 9.88. The number of carbonyl (C=O) groups is 3. The molecular formula is C26H25Br2F6N5O5. The summed E-state index contributed by atoms with van der Waals surface area (Å²) in [5, 5.41) is 17.0. The number of nitrogens with zero attached hydrogens (tertiary/aromatic N) is 2. The van der Waals surface area contributed by atoms with Crippen LogP contribution in [0.4, 0.5) is 26.3 Å². The first-order valence-electron chi connectivity index (χ1n) is 12.1. The minimum Gasteiger partial charge on any atom is -0.475 e. The van der Waals surface area contributed by atoms with Gasteiger partial charge in [0, 0.05) is 39.7 Å². The topological polar surface area (TPSA) is 171 Å². The molecule has 44 heavy (non-hydrogen) atoms. The van der Waals surface area contributed by atoms with E-state index in [1.807, 2.05) is 48.5 Å². The van der Waals surface area contributed by atoms with Gasteiger partial charge in [-0.1, -0.05) is 56.1 Å². The molecule has 0 saturated carbocycles. The number of alkyl halides is 6. The normalized spacial score (nSPS) is 11.5. The standard InChI is InChI=1S/C22H23Br2N5O.2C2HF3O2/c23-17-7-3-15(4-8-17)20(16-5-9-18(24)10-6-16)12-21(30)29-22(25)27-11-1-2-19-13-26-14-28-19;2*3-2(4,5)1(6)7/h3-10,13-14,20H,1-2,11-12H2,(H,26,28)(H3,25,27,29,30);2*(H,6,7). The molecule has 0 saturated heterocycles. The number of aryl methyl sites for hydroxylation is 1. The third kappa shape index (κ3) is 15.5. The lowest BCUT2D eigenvalue weighted by molar-refractivity contribution is -0.193. The number of aliphatic carboxylic acids is 2. The summed E-state index contributed by atoms with van der Waals surface area (Å²) in [5.74, 6) is -5.62. The van der Waals surface area contributed by atoms with E-state index in [4.69, 9.17) is 25.5 Å². The molecule has 0 aliphatic carbocycles. The number of aromatic amines is 1. The molecule has 3 rings (SSSR count). The van der Waals surface area contributed by atoms with E-state index < -0.39 is 24.3 Å². The number of guanidine groups is 1. The number of carbonyl (C=O) groups excluding carboxylic acids is 1. The van der Waals surface area contributed by atoms with Gasteiger partial charge in [-0.3, -0.25) is 15.1 Å². The number of aromatic nitrogens is 2. The van der Waals surface area contributed by atoms with E-state index in [1.165, 1.54) is 0 Å². The van der Waals surface area contributed by atoms with E-state index in [0.717, 1.165) is 38.6 Å². The second-order valence-electron chi connectivity index (χ2n) is 8.46. The Morgan fingerprint density at radius 1 is 0.886 bits per heavy atom. The number of carboxylic acid groups (broad SMARTS) is 2. The molecule has 0 radical (unpaired) electrons. The van der Waals surface area contributed by atoms with Crippen molar-refractivity contribution in [2.45, 2.75) is 37.5 Å². The molecule has 2 aromatic carbocycles. The molecule has 18 heteroatoms. The number of aliphatic imine (C=N–C) groups is 1. The molecule has 0 aliphatic heterocycles. The molecule has 3 aromatic rings. The van der Waals surface area contributed by atoms with Crippen molar-refractivity contribution < 1.29 is 50.9 Å². The number of rotatable bonds is 8. The summed E-state index contributed by atoms with van der Waals surface area (Å²) in [7, 11) is 0. The van der Waals surface area contributed by atoms with E-state index in [0.29, 0.717) is 6.54 Å². The van der Waals surface area contributed by atoms with Gasteiger partial charge in [0.15, 0.2) is 5.96 Å². The van der Waals surface area contributed by atoms with Crippen LogP contribution >= 0.6 is 31.9 Å². The Bertz CT molecular complexity index is 1300. The van der Waals surface area contributed by atoms with Crippen molar-refractivity contribution in [3.05, 3.63) is 86.8 Å². The van der Waals surface area contributed by atoms with Crippen molar-refractivity contribution >= 4 is 55.7 Å². The largest absolute Gasteiger partial charge is 0.490 e. The molecule has 0 bridgehead atoms. The van der Waals surface area contributed by atoms with Crippen LogP contribution in [0.15, 0.2) is 75.0 Å². The summed E-state index contributed by atoms with van der Waals surface area (Å²) in [6.07, 6.45) is -4.80. The maximum atomic E-state index is 12.7. The first-order chi connectivity index (χ1) is 20.4. The predicted molar refractivity (Wildman–Crippen MR) is 154 cm³/mol. The average molecular weight is 761 g/mol. The number of nitrogens with one attached hydrogen (secondary N) is 2. The summed E-state index contributed by atoms with van der Waals surface area (Å²) >= 11 is 6.93. The number of amides is 1. The highest BCUT2D eigenvalue weighted by Crippen LogP contribution is 2.30. The van der Waals surface area contributed by atoms with Crippen LogP contribution in [0, 0.1) is 0 Å². The van der Waals surface area contributed by atoms with Crippen LogP contribution in [-0.4, -0.2) is 62.9 Å². The van der Waals surface area contributed by atoms with Crippen LogP contribution < -0.4 is 11.1 Å². The predicted octanol–water partition coefficient (Wildman–Crippen LogP) is 5.79. The Morgan fingerprint density at radius 3 is 1.68 bits per heavy atom. The fraction of sp³-hybridized carbons (Fsp3) is 0.269. The number of nitrogens with two attached hydrogens (primary N) is 1. The van der Waals surface area contributed by atoms with E-state index in [1.54, 1.807) is 12.5 Å². The fourth-order valence-electron chi connectivity index (χ4n) is 3.13. The molecule has 1 amide bonds. The highest BCUT2D eigenvalue weighted by Gasteiger charge is 2.38. The van der Waals surface area contributed by atoms with Gasteiger partial charge in [0.2, 0.25) is 5.91 Å². The Kier molecular flexibility index (Phi) is 15.6. The number of imidazole rings is 1. The zero-order chi connectivity index (χ0) is 33.5. The highest BCUT2D eigenvalue weighted by molar-refractivity contribution is 9.10. The molecule has 240 valence electrons. The third-order valence-electron chi connectivity index (χ3n) is 5.13. The molecule has 6 N–H and O–H groups in total. The van der Waals surface area contributed by atoms with Crippen LogP contribution in [0.2, 0.25) is 0 Å². The Labute approximate surface area is 263 Å².